The minimum Gasteiger partial charge on any atom is -0.371 e. The lowest BCUT2D eigenvalue weighted by Crippen LogP contribution is -2.29. The zero-order valence-corrected chi connectivity index (χ0v) is 16.5. The fraction of sp³-hybridized carbons (Fsp3) is 0.409. The van der Waals surface area contributed by atoms with E-state index in [1.165, 1.54) is 12.1 Å². The molecule has 0 radical (unpaired) electrons. The summed E-state index contributed by atoms with van der Waals surface area (Å²) >= 11 is 0. The highest BCUT2D eigenvalue weighted by molar-refractivity contribution is 5.79. The quantitative estimate of drug-likeness (QED) is 0.560. The fourth-order valence-electron chi connectivity index (χ4n) is 4.51. The molecule has 4 rings (SSSR count). The normalized spacial score (nSPS) is 23.7. The molecule has 1 amide bonds. The molecule has 2 fully saturated rings. The van der Waals surface area contributed by atoms with Crippen molar-refractivity contribution in [3.05, 3.63) is 70.5 Å². The van der Waals surface area contributed by atoms with Crippen LogP contribution in [0.3, 0.4) is 0 Å². The van der Waals surface area contributed by atoms with Gasteiger partial charge in [0.15, 0.2) is 0 Å². The van der Waals surface area contributed by atoms with Crippen molar-refractivity contribution >= 4 is 5.91 Å². The largest absolute Gasteiger partial charge is 0.416 e. The summed E-state index contributed by atoms with van der Waals surface area (Å²) in [4.78, 5) is 13.8. The Morgan fingerprint density at radius 2 is 1.53 bits per heavy atom. The lowest BCUT2D eigenvalue weighted by Gasteiger charge is -2.24. The van der Waals surface area contributed by atoms with Crippen LogP contribution in [0, 0.1) is 5.82 Å². The van der Waals surface area contributed by atoms with E-state index < -0.39 is 42.0 Å². The van der Waals surface area contributed by atoms with E-state index in [-0.39, 0.29) is 36.0 Å². The lowest BCUT2D eigenvalue weighted by molar-refractivity contribution is -0.143. The Hall–Kier alpha value is -2.62. The lowest BCUT2D eigenvalue weighted by atomic mass is 9.88. The summed E-state index contributed by atoms with van der Waals surface area (Å²) in [6.07, 6.45) is -9.66. The second-order valence-corrected chi connectivity index (χ2v) is 7.99. The zero-order valence-electron chi connectivity index (χ0n) is 16.5. The highest BCUT2D eigenvalue weighted by Crippen LogP contribution is 2.42. The third kappa shape index (κ3) is 4.46. The Kier molecular flexibility index (Phi) is 5.68. The van der Waals surface area contributed by atoms with Crippen molar-refractivity contribution in [3.8, 4) is 0 Å². The first-order valence-electron chi connectivity index (χ1n) is 9.88. The summed E-state index contributed by atoms with van der Waals surface area (Å²) in [5.41, 5.74) is -2.41. The minimum absolute atomic E-state index is 0.0646. The number of ether oxygens (including phenoxy) is 1. The van der Waals surface area contributed by atoms with Crippen LogP contribution in [0.15, 0.2) is 42.5 Å². The number of carbonyl (C=O) groups excluding carboxylic acids is 1. The Labute approximate surface area is 178 Å². The number of fused-ring (bicyclic) bond motifs is 1. The van der Waals surface area contributed by atoms with Gasteiger partial charge in [0.25, 0.3) is 0 Å². The van der Waals surface area contributed by atoms with Gasteiger partial charge in [-0.3, -0.25) is 4.79 Å². The molecular formula is C22H18F7NO2. The van der Waals surface area contributed by atoms with Crippen LogP contribution in [0.2, 0.25) is 0 Å². The molecule has 0 aromatic heterocycles. The maximum Gasteiger partial charge on any atom is 0.416 e. The molecule has 2 heterocycles. The number of nitrogens with zero attached hydrogens (tertiary/aromatic N) is 1. The van der Waals surface area contributed by atoms with Gasteiger partial charge in [0.05, 0.1) is 23.8 Å². The van der Waals surface area contributed by atoms with E-state index in [1.54, 1.807) is 17.0 Å². The summed E-state index contributed by atoms with van der Waals surface area (Å²) in [5, 5.41) is 0. The fourth-order valence-corrected chi connectivity index (χ4v) is 4.51. The second-order valence-electron chi connectivity index (χ2n) is 7.99. The van der Waals surface area contributed by atoms with Crippen LogP contribution < -0.4 is 0 Å². The van der Waals surface area contributed by atoms with Gasteiger partial charge in [-0.1, -0.05) is 12.1 Å². The van der Waals surface area contributed by atoms with Crippen molar-refractivity contribution in [3.63, 3.8) is 0 Å². The van der Waals surface area contributed by atoms with Crippen LogP contribution in [-0.4, -0.2) is 29.5 Å². The number of rotatable bonds is 4. The maximum atomic E-state index is 13.4. The summed E-state index contributed by atoms with van der Waals surface area (Å²) in [5.74, 6) is -0.909. The average Bonchev–Trinajstić information content (AvgIpc) is 3.25. The smallest absolute Gasteiger partial charge is 0.371 e. The second kappa shape index (κ2) is 8.06. The van der Waals surface area contributed by atoms with Crippen LogP contribution in [0.5, 0.6) is 0 Å². The van der Waals surface area contributed by atoms with Crippen molar-refractivity contribution in [1.29, 1.82) is 0 Å². The highest BCUT2D eigenvalue weighted by atomic mass is 19.4. The predicted molar refractivity (Wildman–Crippen MR) is 98.9 cm³/mol. The monoisotopic (exact) mass is 461 g/mol. The molecule has 0 N–H and O–H groups in total. The van der Waals surface area contributed by atoms with Gasteiger partial charge in [0.2, 0.25) is 5.91 Å². The molecule has 172 valence electrons. The molecule has 3 atom stereocenters. The molecule has 0 unspecified atom stereocenters. The molecule has 10 heteroatoms. The molecule has 2 aromatic rings. The van der Waals surface area contributed by atoms with Gasteiger partial charge >= 0.3 is 12.4 Å². The molecule has 2 aliphatic rings. The van der Waals surface area contributed by atoms with E-state index in [9.17, 15) is 35.5 Å². The molecule has 0 aliphatic carbocycles. The Morgan fingerprint density at radius 3 is 2.09 bits per heavy atom. The van der Waals surface area contributed by atoms with Crippen LogP contribution in [0.25, 0.3) is 0 Å². The van der Waals surface area contributed by atoms with Crippen molar-refractivity contribution in [2.75, 3.05) is 6.54 Å². The first-order chi connectivity index (χ1) is 14.9. The standard InChI is InChI=1S/C22H18F7NO2/c23-16-3-1-13(2-4-16)20-17-5-6-19(31)30(17)10-18(20)32-11-12-7-14(21(24,25)26)9-15(8-12)22(27,28)29/h1-4,7-9,17-18,20H,5-6,10-11H2/t17-,18-,20-/m0/s1. The summed E-state index contributed by atoms with van der Waals surface area (Å²) in [6.45, 7) is -0.333. The van der Waals surface area contributed by atoms with Gasteiger partial charge < -0.3 is 9.64 Å². The van der Waals surface area contributed by atoms with Crippen molar-refractivity contribution in [2.45, 2.75) is 49.9 Å². The van der Waals surface area contributed by atoms with Gasteiger partial charge in [0, 0.05) is 24.9 Å². The van der Waals surface area contributed by atoms with E-state index in [1.807, 2.05) is 0 Å². The number of hydrogen-bond donors (Lipinski definition) is 0. The van der Waals surface area contributed by atoms with Crippen LogP contribution in [0.4, 0.5) is 30.7 Å². The molecule has 32 heavy (non-hydrogen) atoms. The van der Waals surface area contributed by atoms with Crippen LogP contribution in [-0.2, 0) is 28.5 Å². The van der Waals surface area contributed by atoms with E-state index in [0.717, 1.165) is 0 Å². The Balaban J connectivity index is 1.60. The minimum atomic E-state index is -4.95. The molecule has 3 nitrogen and oxygen atoms in total. The summed E-state index contributed by atoms with van der Waals surface area (Å²) in [6, 6.07) is 6.72. The molecule has 2 saturated heterocycles. The summed E-state index contributed by atoms with van der Waals surface area (Å²) < 4.78 is 97.8. The summed E-state index contributed by atoms with van der Waals surface area (Å²) in [7, 11) is 0. The molecular weight excluding hydrogens is 443 g/mol. The van der Waals surface area contributed by atoms with E-state index in [4.69, 9.17) is 4.74 Å². The molecule has 2 aliphatic heterocycles. The highest BCUT2D eigenvalue weighted by Gasteiger charge is 2.48. The van der Waals surface area contributed by atoms with Crippen LogP contribution in [0.1, 0.15) is 41.0 Å². The average molecular weight is 461 g/mol. The third-order valence-electron chi connectivity index (χ3n) is 5.93. The topological polar surface area (TPSA) is 29.5 Å². The number of alkyl halides is 6. The number of halogens is 7. The molecule has 2 aromatic carbocycles. The van der Waals surface area contributed by atoms with Crippen molar-refractivity contribution in [1.82, 2.24) is 4.90 Å². The van der Waals surface area contributed by atoms with Gasteiger partial charge in [-0.25, -0.2) is 4.39 Å². The van der Waals surface area contributed by atoms with Crippen LogP contribution >= 0.6 is 0 Å². The number of hydrogen-bond acceptors (Lipinski definition) is 2. The zero-order chi connectivity index (χ0) is 23.3. The van der Waals surface area contributed by atoms with Gasteiger partial charge in [-0.2, -0.15) is 26.3 Å². The van der Waals surface area contributed by atoms with Crippen molar-refractivity contribution < 1.29 is 40.3 Å². The predicted octanol–water partition coefficient (Wildman–Crippen LogP) is 5.54. The van der Waals surface area contributed by atoms with Gasteiger partial charge in [0.1, 0.15) is 5.82 Å². The number of amides is 1. The van der Waals surface area contributed by atoms with E-state index in [2.05, 4.69) is 0 Å². The third-order valence-corrected chi connectivity index (χ3v) is 5.93. The maximum absolute atomic E-state index is 13.4. The van der Waals surface area contributed by atoms with Gasteiger partial charge in [-0.15, -0.1) is 0 Å². The van der Waals surface area contributed by atoms with Crippen molar-refractivity contribution in [2.24, 2.45) is 0 Å². The SMILES string of the molecule is O=C1CC[C@H]2[C@H](c3ccc(F)cc3)[C@@H](OCc3cc(C(F)(F)F)cc(C(F)(F)F)c3)CN12. The van der Waals surface area contributed by atoms with Gasteiger partial charge in [-0.05, 0) is 47.9 Å². The first kappa shape index (κ1) is 22.6. The Bertz CT molecular complexity index is 969. The van der Waals surface area contributed by atoms with E-state index >= 15 is 0 Å². The first-order valence-corrected chi connectivity index (χ1v) is 9.88. The Morgan fingerprint density at radius 1 is 0.938 bits per heavy atom. The number of benzene rings is 2. The molecule has 0 saturated carbocycles. The molecule has 0 bridgehead atoms. The van der Waals surface area contributed by atoms with E-state index in [0.29, 0.717) is 30.5 Å². The number of carbonyl (C=O) groups is 1. The molecule has 0 spiro atoms.